The normalized spacial score (nSPS) is 56.2. The molecule has 11 aliphatic rings. The fraction of sp³-hybridized carbons (Fsp3) is 0.953. The minimum atomic E-state index is -2.03. The molecule has 0 radical (unpaired) electrons. The standard InChI is InChI=1S/C64H104O33/c1-22-34(72)38(76)43(81)54(89-22)94-48-29(70)19-86-53(46(48)84)93-47-23(2)90-55(45(83)41(47)79)95-49-35(73)28(69)18-87-57(49)97-58(85)64-12-11-59(3,4)13-25(64)24-9-10-32-60(5)14-27(68)51(61(6,21-66)50(60)26(67)15-63(32,8)62(24,7)16-33(64)71)96-56-44(82)40(78)37(75)31(92-56)20-88-52-42(80)39(77)36(74)30(17-65)91-52/h9,22-23,25-57,65-84H,10-21H2,1-8H3/t22-,23-,25-,26+,27-,28-,29+,30+,31+,32+,33+,34-,35-,36+,37+,38+,39-,40-,41-,42+,43+,44+,45+,46+,47-,48-,49+,50+,51-,52+,53-,54-,55-,56-,57-,60+,61?,62+,63+,64+/m0/s1. The van der Waals surface area contributed by atoms with E-state index in [2.05, 4.69) is 6.08 Å². The van der Waals surface area contributed by atoms with Crippen LogP contribution in [0.1, 0.15) is 100 Å². The van der Waals surface area contributed by atoms with Gasteiger partial charge in [-0.15, -0.1) is 0 Å². The number of aliphatic hydroxyl groups is 20. The Labute approximate surface area is 559 Å². The Morgan fingerprint density at radius 1 is 0.505 bits per heavy atom. The van der Waals surface area contributed by atoms with Gasteiger partial charge in [0.25, 0.3) is 0 Å². The van der Waals surface area contributed by atoms with Crippen LogP contribution in [-0.4, -0.2) is 338 Å². The Morgan fingerprint density at radius 3 is 1.71 bits per heavy atom. The maximum Gasteiger partial charge on any atom is 0.317 e. The van der Waals surface area contributed by atoms with Crippen LogP contribution in [0.15, 0.2) is 11.6 Å². The van der Waals surface area contributed by atoms with Crippen molar-refractivity contribution >= 4 is 5.97 Å². The fourth-order valence-corrected chi connectivity index (χ4v) is 19.1. The third kappa shape index (κ3) is 12.8. The number of hydrogen-bond acceptors (Lipinski definition) is 33. The fourth-order valence-electron chi connectivity index (χ4n) is 19.1. The van der Waals surface area contributed by atoms with Gasteiger partial charge < -0.3 is 159 Å². The van der Waals surface area contributed by atoms with Crippen LogP contribution in [-0.2, 0) is 61.6 Å². The van der Waals surface area contributed by atoms with E-state index in [1.807, 2.05) is 34.6 Å². The van der Waals surface area contributed by atoms with Crippen molar-refractivity contribution in [3.05, 3.63) is 11.6 Å². The number of ether oxygens (including phenoxy) is 12. The van der Waals surface area contributed by atoms with Crippen LogP contribution in [0.25, 0.3) is 0 Å². The zero-order chi connectivity index (χ0) is 71.0. The number of aliphatic hydroxyl groups excluding tert-OH is 20. The molecule has 0 spiro atoms. The Morgan fingerprint density at radius 2 is 1.06 bits per heavy atom. The highest BCUT2D eigenvalue weighted by Crippen LogP contribution is 2.76. The molecule has 6 saturated heterocycles. The highest BCUT2D eigenvalue weighted by Gasteiger charge is 2.75. The lowest BCUT2D eigenvalue weighted by Crippen LogP contribution is -2.73. The van der Waals surface area contributed by atoms with E-state index < -0.39 is 286 Å². The van der Waals surface area contributed by atoms with E-state index in [4.69, 9.17) is 56.8 Å². The van der Waals surface area contributed by atoms with Gasteiger partial charge in [0.2, 0.25) is 6.29 Å². The quantitative estimate of drug-likeness (QED) is 0.0411. The second kappa shape index (κ2) is 28.1. The molecule has 6 aliphatic heterocycles. The first-order chi connectivity index (χ1) is 45.4. The summed E-state index contributed by atoms with van der Waals surface area (Å²) in [4.78, 5) is 15.6. The molecule has 558 valence electrons. The van der Waals surface area contributed by atoms with E-state index in [9.17, 15) is 102 Å². The molecule has 0 aromatic rings. The van der Waals surface area contributed by atoms with Gasteiger partial charge in [0, 0.05) is 11.3 Å². The van der Waals surface area contributed by atoms with Gasteiger partial charge >= 0.3 is 5.97 Å². The van der Waals surface area contributed by atoms with Crippen LogP contribution < -0.4 is 0 Å². The summed E-state index contributed by atoms with van der Waals surface area (Å²) in [6.45, 7) is 11.3. The lowest BCUT2D eigenvalue weighted by atomic mass is 9.32. The predicted octanol–water partition coefficient (Wildman–Crippen LogP) is -7.17. The monoisotopic (exact) mass is 1400 g/mol. The van der Waals surface area contributed by atoms with E-state index in [0.717, 1.165) is 5.57 Å². The van der Waals surface area contributed by atoms with Gasteiger partial charge in [-0.05, 0) is 92.3 Å². The minimum absolute atomic E-state index is 0.0409. The van der Waals surface area contributed by atoms with Crippen molar-refractivity contribution in [1.82, 2.24) is 0 Å². The smallest absolute Gasteiger partial charge is 0.317 e. The average Bonchev–Trinajstić information content (AvgIpc) is 0.666. The number of fused-ring (bicyclic) bond motifs is 7. The SMILES string of the molecule is C[C@@H]1O[C@@H](O[C@@H]2[C@@H](O)[C@H](O[C@@H]3[C@@H](O)[C@@H](O)[C@H](O[C@H]4[C@H](OC(=O)[C@]56CCC(C)(C)C[C@H]5C5=CC[C@@H]7[C@@]8(C)C[C@H](O)[C@H](O[C@@H]9O[C@H](CO[C@@H]%10O[C@H](CO)[C@@H](O)[C@H](O)[C@H]%10O)[C@@H](O)[C@H](O)[C@H]9O)C(C)(CO)[C@@H]8[C@H](O)C[C@@]7(C)[C@]5(C)C[C@H]6O)OC[C@H](O)[C@@H]4O)O[C@H]3C)OC[C@H]2O)[C@H](O)[C@H](O)[C@H]1O. The minimum Gasteiger partial charge on any atom is -0.432 e. The van der Waals surface area contributed by atoms with Crippen LogP contribution in [0, 0.1) is 50.2 Å². The van der Waals surface area contributed by atoms with Crippen LogP contribution in [0.3, 0.4) is 0 Å². The van der Waals surface area contributed by atoms with Crippen molar-refractivity contribution < 1.29 is 164 Å². The van der Waals surface area contributed by atoms with Gasteiger partial charge in [-0.25, -0.2) is 0 Å². The van der Waals surface area contributed by atoms with Gasteiger partial charge in [0.15, 0.2) is 37.6 Å². The molecule has 33 nitrogen and oxygen atoms in total. The summed E-state index contributed by atoms with van der Waals surface area (Å²) in [7, 11) is 0. The second-order valence-corrected chi connectivity index (χ2v) is 31.3. The first kappa shape index (κ1) is 76.1. The number of carbonyl (C=O) groups excluding carboxylic acids is 1. The van der Waals surface area contributed by atoms with E-state index in [1.54, 1.807) is 6.92 Å². The molecule has 6 heterocycles. The average molecular weight is 1400 g/mol. The lowest BCUT2D eigenvalue weighted by Gasteiger charge is -2.73. The zero-order valence-electron chi connectivity index (χ0n) is 55.5. The topological polar surface area (TPSA) is 532 Å². The highest BCUT2D eigenvalue weighted by molar-refractivity contribution is 5.80. The van der Waals surface area contributed by atoms with E-state index in [-0.39, 0.29) is 25.7 Å². The third-order valence-corrected chi connectivity index (χ3v) is 24.8. The number of carbonyl (C=O) groups is 1. The molecule has 40 atom stereocenters. The van der Waals surface area contributed by atoms with Gasteiger partial charge in [-0.2, -0.15) is 0 Å². The number of rotatable bonds is 15. The highest BCUT2D eigenvalue weighted by atomic mass is 16.8. The van der Waals surface area contributed by atoms with Crippen LogP contribution in [0.5, 0.6) is 0 Å². The van der Waals surface area contributed by atoms with Gasteiger partial charge in [-0.1, -0.05) is 53.2 Å². The largest absolute Gasteiger partial charge is 0.432 e. The molecule has 0 bridgehead atoms. The molecular formula is C64H104O33. The summed E-state index contributed by atoms with van der Waals surface area (Å²) < 4.78 is 70.4. The summed E-state index contributed by atoms with van der Waals surface area (Å²) in [5.74, 6) is -2.88. The van der Waals surface area contributed by atoms with Gasteiger partial charge in [0.05, 0.1) is 69.7 Å². The Balaban J connectivity index is 0.794. The molecule has 0 aromatic heterocycles. The molecule has 5 aliphatic carbocycles. The zero-order valence-corrected chi connectivity index (χ0v) is 55.5. The van der Waals surface area contributed by atoms with Crippen molar-refractivity contribution in [1.29, 1.82) is 0 Å². The van der Waals surface area contributed by atoms with Crippen LogP contribution >= 0.6 is 0 Å². The van der Waals surface area contributed by atoms with E-state index in [1.165, 1.54) is 13.8 Å². The summed E-state index contributed by atoms with van der Waals surface area (Å²) in [6.07, 6.45) is -49.5. The number of allylic oxidation sites excluding steroid dienone is 2. The molecule has 11 rings (SSSR count). The Kier molecular flexibility index (Phi) is 22.1. The van der Waals surface area contributed by atoms with Gasteiger partial charge in [-0.3, -0.25) is 4.79 Å². The summed E-state index contributed by atoms with van der Waals surface area (Å²) >= 11 is 0. The summed E-state index contributed by atoms with van der Waals surface area (Å²) in [5, 5.41) is 223. The van der Waals surface area contributed by atoms with E-state index in [0.29, 0.717) is 19.3 Å². The molecule has 4 saturated carbocycles. The third-order valence-electron chi connectivity index (χ3n) is 24.8. The molecule has 1 unspecified atom stereocenters. The maximum atomic E-state index is 15.6. The van der Waals surface area contributed by atoms with Gasteiger partial charge in [0.1, 0.15) is 121 Å². The van der Waals surface area contributed by atoms with Crippen molar-refractivity contribution in [3.63, 3.8) is 0 Å². The second-order valence-electron chi connectivity index (χ2n) is 31.3. The molecule has 0 amide bonds. The first-order valence-corrected chi connectivity index (χ1v) is 33.8. The molecule has 10 fully saturated rings. The Bertz CT molecular complexity index is 2750. The molecule has 0 aromatic carbocycles. The van der Waals surface area contributed by atoms with E-state index >= 15 is 4.79 Å². The van der Waals surface area contributed by atoms with Crippen LogP contribution in [0.2, 0.25) is 0 Å². The number of hydrogen-bond donors (Lipinski definition) is 20. The lowest BCUT2D eigenvalue weighted by molar-refractivity contribution is -0.377. The summed E-state index contributed by atoms with van der Waals surface area (Å²) in [5.41, 5.74) is -5.70. The van der Waals surface area contributed by atoms with Crippen molar-refractivity contribution in [3.8, 4) is 0 Å². The first-order valence-electron chi connectivity index (χ1n) is 33.8. The van der Waals surface area contributed by atoms with Crippen LogP contribution in [0.4, 0.5) is 0 Å². The van der Waals surface area contributed by atoms with Crippen molar-refractivity contribution in [2.24, 2.45) is 50.2 Å². The number of esters is 1. The molecule has 33 heteroatoms. The summed E-state index contributed by atoms with van der Waals surface area (Å²) in [6, 6.07) is 0. The molecular weight excluding hydrogens is 1300 g/mol. The maximum absolute atomic E-state index is 15.6. The molecule has 97 heavy (non-hydrogen) atoms. The van der Waals surface area contributed by atoms with Crippen molar-refractivity contribution in [2.75, 3.05) is 33.0 Å². The predicted molar refractivity (Wildman–Crippen MR) is 319 cm³/mol. The molecule has 20 N–H and O–H groups in total. The van der Waals surface area contributed by atoms with Crippen molar-refractivity contribution in [2.45, 2.75) is 297 Å². The Hall–Kier alpha value is -2.03.